The minimum absolute atomic E-state index is 0.0428. The summed E-state index contributed by atoms with van der Waals surface area (Å²) >= 11 is 1.54. The van der Waals surface area contributed by atoms with Gasteiger partial charge in [-0.2, -0.15) is 0 Å². The topological polar surface area (TPSA) is 42.0 Å². The summed E-state index contributed by atoms with van der Waals surface area (Å²) in [7, 11) is 0. The van der Waals surface area contributed by atoms with Gasteiger partial charge >= 0.3 is 0 Å². The maximum atomic E-state index is 13.1. The first-order valence-electron chi connectivity index (χ1n) is 6.99. The van der Waals surface area contributed by atoms with Gasteiger partial charge in [0.1, 0.15) is 10.8 Å². The minimum atomic E-state index is -0.437. The van der Waals surface area contributed by atoms with E-state index in [-0.39, 0.29) is 11.7 Å². The quantitative estimate of drug-likeness (QED) is 0.885. The lowest BCUT2D eigenvalue weighted by Crippen LogP contribution is -2.43. The third-order valence-corrected chi connectivity index (χ3v) is 4.59. The van der Waals surface area contributed by atoms with Crippen molar-refractivity contribution in [2.24, 2.45) is 0 Å². The summed E-state index contributed by atoms with van der Waals surface area (Å²) in [6.45, 7) is 4.00. The molecule has 1 atom stereocenters. The van der Waals surface area contributed by atoms with Crippen LogP contribution < -0.4 is 5.32 Å². The van der Waals surface area contributed by atoms with Crippen LogP contribution in [-0.4, -0.2) is 10.9 Å². The van der Waals surface area contributed by atoms with Gasteiger partial charge in [0.15, 0.2) is 0 Å². The first kappa shape index (κ1) is 15.6. The lowest BCUT2D eigenvalue weighted by molar-refractivity contribution is -0.123. The number of hydrogen-bond acceptors (Lipinski definition) is 3. The fraction of sp³-hybridized carbons (Fsp3) is 0.375. The number of thiazole rings is 1. The van der Waals surface area contributed by atoms with Crippen LogP contribution in [-0.2, 0) is 16.8 Å². The van der Waals surface area contributed by atoms with Crippen LogP contribution >= 0.6 is 11.3 Å². The van der Waals surface area contributed by atoms with Crippen LogP contribution in [0.25, 0.3) is 0 Å². The zero-order valence-corrected chi connectivity index (χ0v) is 13.0. The molecule has 1 amide bonds. The van der Waals surface area contributed by atoms with E-state index in [2.05, 4.69) is 10.3 Å². The molecule has 1 aromatic carbocycles. The van der Waals surface area contributed by atoms with E-state index in [1.165, 1.54) is 23.5 Å². The van der Waals surface area contributed by atoms with Gasteiger partial charge in [0.05, 0.1) is 5.54 Å². The van der Waals surface area contributed by atoms with E-state index >= 15 is 0 Å². The number of nitrogens with one attached hydrogen (secondary N) is 1. The standard InChI is InChI=1S/C16H19FN2OS/c1-3-16(2,15-18-9-10-21-15)19-14(20)8-7-12-5-4-6-13(17)11-12/h4-6,9-11H,3,7-8H2,1-2H3,(H,19,20)/t16-/m0/s1. The van der Waals surface area contributed by atoms with Crippen LogP contribution in [0.1, 0.15) is 37.3 Å². The second-order valence-electron chi connectivity index (χ2n) is 5.20. The number of rotatable bonds is 6. The van der Waals surface area contributed by atoms with Crippen LogP contribution in [0.4, 0.5) is 4.39 Å². The summed E-state index contributed by atoms with van der Waals surface area (Å²) in [4.78, 5) is 16.4. The molecule has 0 aliphatic heterocycles. The summed E-state index contributed by atoms with van der Waals surface area (Å²) in [6, 6.07) is 6.36. The van der Waals surface area contributed by atoms with E-state index in [1.807, 2.05) is 25.3 Å². The smallest absolute Gasteiger partial charge is 0.221 e. The maximum absolute atomic E-state index is 13.1. The molecule has 0 aliphatic carbocycles. The SMILES string of the molecule is CC[C@](C)(NC(=O)CCc1cccc(F)c1)c1nccs1. The van der Waals surface area contributed by atoms with Crippen LogP contribution in [0.5, 0.6) is 0 Å². The number of benzene rings is 1. The molecule has 5 heteroatoms. The Kier molecular flexibility index (Phi) is 5.07. The Balaban J connectivity index is 1.95. The zero-order valence-electron chi connectivity index (χ0n) is 12.2. The average molecular weight is 306 g/mol. The second-order valence-corrected chi connectivity index (χ2v) is 6.10. The Morgan fingerprint density at radius 2 is 2.29 bits per heavy atom. The number of carbonyl (C=O) groups is 1. The largest absolute Gasteiger partial charge is 0.344 e. The molecule has 0 spiro atoms. The van der Waals surface area contributed by atoms with Crippen molar-refractivity contribution in [3.8, 4) is 0 Å². The van der Waals surface area contributed by atoms with Crippen molar-refractivity contribution < 1.29 is 9.18 Å². The fourth-order valence-electron chi connectivity index (χ4n) is 2.11. The number of nitrogens with zero attached hydrogens (tertiary/aromatic N) is 1. The van der Waals surface area contributed by atoms with Crippen molar-refractivity contribution >= 4 is 17.2 Å². The predicted octanol–water partition coefficient (Wildman–Crippen LogP) is 3.66. The summed E-state index contributed by atoms with van der Waals surface area (Å²) in [6.07, 6.45) is 3.38. The van der Waals surface area contributed by atoms with Crippen molar-refractivity contribution in [1.82, 2.24) is 10.3 Å². The highest BCUT2D eigenvalue weighted by Crippen LogP contribution is 2.26. The molecule has 1 heterocycles. The minimum Gasteiger partial charge on any atom is -0.344 e. The molecule has 1 aromatic heterocycles. The van der Waals surface area contributed by atoms with Crippen molar-refractivity contribution in [2.45, 2.75) is 38.6 Å². The molecule has 0 unspecified atom stereocenters. The summed E-state index contributed by atoms with van der Waals surface area (Å²) in [5, 5.41) is 5.86. The van der Waals surface area contributed by atoms with E-state index in [9.17, 15) is 9.18 Å². The van der Waals surface area contributed by atoms with Crippen molar-refractivity contribution in [2.75, 3.05) is 0 Å². The molecule has 2 rings (SSSR count). The number of aryl methyl sites for hydroxylation is 1. The number of aromatic nitrogens is 1. The Labute approximate surface area is 128 Å². The van der Waals surface area contributed by atoms with Crippen LogP contribution in [0.2, 0.25) is 0 Å². The van der Waals surface area contributed by atoms with Gasteiger partial charge in [0.25, 0.3) is 0 Å². The lowest BCUT2D eigenvalue weighted by Gasteiger charge is -2.27. The first-order valence-corrected chi connectivity index (χ1v) is 7.87. The van der Waals surface area contributed by atoms with Crippen LogP contribution in [0.3, 0.4) is 0 Å². The second kappa shape index (κ2) is 6.80. The maximum Gasteiger partial charge on any atom is 0.221 e. The van der Waals surface area contributed by atoms with E-state index in [0.717, 1.165) is 17.0 Å². The Morgan fingerprint density at radius 1 is 1.48 bits per heavy atom. The molecule has 112 valence electrons. The van der Waals surface area contributed by atoms with Gasteiger partial charge in [0, 0.05) is 18.0 Å². The lowest BCUT2D eigenvalue weighted by atomic mass is 9.99. The van der Waals surface area contributed by atoms with E-state index < -0.39 is 5.54 Å². The number of halogens is 1. The number of carbonyl (C=O) groups excluding carboxylic acids is 1. The molecule has 0 fully saturated rings. The number of amides is 1. The van der Waals surface area contributed by atoms with Crippen molar-refractivity contribution in [3.05, 3.63) is 52.2 Å². The summed E-state index contributed by atoms with van der Waals surface area (Å²) in [5.41, 5.74) is 0.394. The zero-order chi connectivity index (χ0) is 15.3. The number of hydrogen-bond donors (Lipinski definition) is 1. The highest BCUT2D eigenvalue weighted by atomic mass is 32.1. The highest BCUT2D eigenvalue weighted by molar-refractivity contribution is 7.09. The monoisotopic (exact) mass is 306 g/mol. The van der Waals surface area contributed by atoms with Gasteiger partial charge in [-0.3, -0.25) is 4.79 Å². The van der Waals surface area contributed by atoms with Crippen LogP contribution in [0.15, 0.2) is 35.8 Å². The molecular weight excluding hydrogens is 287 g/mol. The third-order valence-electron chi connectivity index (χ3n) is 3.56. The molecule has 3 nitrogen and oxygen atoms in total. The molecule has 0 radical (unpaired) electrons. The molecule has 21 heavy (non-hydrogen) atoms. The Hall–Kier alpha value is -1.75. The first-order chi connectivity index (χ1) is 10.0. The van der Waals surface area contributed by atoms with Gasteiger partial charge in [0.2, 0.25) is 5.91 Å². The Bertz CT molecular complexity index is 600. The molecule has 1 N–H and O–H groups in total. The molecule has 0 bridgehead atoms. The summed E-state index contributed by atoms with van der Waals surface area (Å²) in [5.74, 6) is -0.312. The van der Waals surface area contributed by atoms with Gasteiger partial charge in [-0.1, -0.05) is 19.1 Å². The molecular formula is C16H19FN2OS. The van der Waals surface area contributed by atoms with Gasteiger partial charge in [-0.05, 0) is 37.5 Å². The van der Waals surface area contributed by atoms with Gasteiger partial charge in [-0.15, -0.1) is 11.3 Å². The average Bonchev–Trinajstić information content (AvgIpc) is 3.00. The molecule has 0 aliphatic rings. The Morgan fingerprint density at radius 3 is 2.90 bits per heavy atom. The van der Waals surface area contributed by atoms with Gasteiger partial charge in [-0.25, -0.2) is 9.37 Å². The van der Waals surface area contributed by atoms with Gasteiger partial charge < -0.3 is 5.32 Å². The normalized spacial score (nSPS) is 13.7. The van der Waals surface area contributed by atoms with E-state index in [4.69, 9.17) is 0 Å². The van der Waals surface area contributed by atoms with Crippen molar-refractivity contribution in [3.63, 3.8) is 0 Å². The summed E-state index contributed by atoms with van der Waals surface area (Å²) < 4.78 is 13.1. The van der Waals surface area contributed by atoms with Crippen LogP contribution in [0, 0.1) is 5.82 Å². The van der Waals surface area contributed by atoms with E-state index in [1.54, 1.807) is 12.3 Å². The molecule has 0 saturated heterocycles. The third kappa shape index (κ3) is 4.11. The molecule has 0 saturated carbocycles. The van der Waals surface area contributed by atoms with E-state index in [0.29, 0.717) is 12.8 Å². The predicted molar refractivity (Wildman–Crippen MR) is 82.6 cm³/mol. The fourth-order valence-corrected chi connectivity index (χ4v) is 2.94. The molecule has 2 aromatic rings. The van der Waals surface area contributed by atoms with Crippen molar-refractivity contribution in [1.29, 1.82) is 0 Å². The highest BCUT2D eigenvalue weighted by Gasteiger charge is 2.28.